The SMILES string of the molecule is CC(C)Cn1c(S[C@H](C)C(=O)Nc2nccs2)nnc1-c1ccncc1. The third-order valence-corrected chi connectivity index (χ3v) is 5.29. The third kappa shape index (κ3) is 4.47. The fourth-order valence-electron chi connectivity index (χ4n) is 2.32. The number of amides is 1. The molecule has 3 aromatic rings. The topological polar surface area (TPSA) is 85.6 Å². The van der Waals surface area contributed by atoms with Gasteiger partial charge in [0.15, 0.2) is 16.1 Å². The zero-order valence-corrected chi connectivity index (χ0v) is 16.4. The number of aromatic nitrogens is 5. The molecule has 0 saturated carbocycles. The van der Waals surface area contributed by atoms with Gasteiger partial charge in [-0.1, -0.05) is 25.6 Å². The third-order valence-electron chi connectivity index (χ3n) is 3.52. The number of nitrogens with zero attached hydrogens (tertiary/aromatic N) is 5. The molecule has 9 heteroatoms. The summed E-state index contributed by atoms with van der Waals surface area (Å²) in [5.74, 6) is 1.11. The highest BCUT2D eigenvalue weighted by Gasteiger charge is 2.21. The van der Waals surface area contributed by atoms with Gasteiger partial charge in [-0.15, -0.1) is 21.5 Å². The maximum atomic E-state index is 12.4. The molecule has 7 nitrogen and oxygen atoms in total. The highest BCUT2D eigenvalue weighted by atomic mass is 32.2. The molecule has 0 aliphatic rings. The molecule has 0 fully saturated rings. The van der Waals surface area contributed by atoms with E-state index in [-0.39, 0.29) is 11.2 Å². The van der Waals surface area contributed by atoms with Gasteiger partial charge in [-0.3, -0.25) is 9.78 Å². The van der Waals surface area contributed by atoms with Crippen LogP contribution in [0, 0.1) is 5.92 Å². The molecular formula is C17H20N6OS2. The van der Waals surface area contributed by atoms with E-state index in [9.17, 15) is 4.79 Å². The first-order valence-corrected chi connectivity index (χ1v) is 10.0. The van der Waals surface area contributed by atoms with E-state index in [1.165, 1.54) is 23.1 Å². The molecule has 1 atom stereocenters. The summed E-state index contributed by atoms with van der Waals surface area (Å²) in [5, 5.41) is 14.3. The van der Waals surface area contributed by atoms with Gasteiger partial charge in [-0.2, -0.15) is 0 Å². The largest absolute Gasteiger partial charge is 0.302 e. The van der Waals surface area contributed by atoms with Crippen molar-refractivity contribution in [1.82, 2.24) is 24.7 Å². The van der Waals surface area contributed by atoms with Crippen LogP contribution in [0.3, 0.4) is 0 Å². The van der Waals surface area contributed by atoms with Gasteiger partial charge in [0.05, 0.1) is 5.25 Å². The normalized spacial score (nSPS) is 12.3. The van der Waals surface area contributed by atoms with Gasteiger partial charge in [0.1, 0.15) is 0 Å². The van der Waals surface area contributed by atoms with E-state index < -0.39 is 0 Å². The molecule has 1 N–H and O–H groups in total. The van der Waals surface area contributed by atoms with E-state index in [1.807, 2.05) is 24.4 Å². The maximum Gasteiger partial charge on any atom is 0.239 e. The molecule has 0 saturated heterocycles. The summed E-state index contributed by atoms with van der Waals surface area (Å²) in [4.78, 5) is 20.5. The van der Waals surface area contributed by atoms with Crippen molar-refractivity contribution in [1.29, 1.82) is 0 Å². The number of rotatable bonds is 7. The Morgan fingerprint density at radius 1 is 1.23 bits per heavy atom. The minimum absolute atomic E-state index is 0.102. The van der Waals surface area contributed by atoms with E-state index in [1.54, 1.807) is 18.6 Å². The molecule has 3 aromatic heterocycles. The van der Waals surface area contributed by atoms with Gasteiger partial charge in [-0.25, -0.2) is 4.98 Å². The maximum absolute atomic E-state index is 12.4. The Kier molecular flexibility index (Phi) is 6.00. The molecule has 0 radical (unpaired) electrons. The molecule has 26 heavy (non-hydrogen) atoms. The van der Waals surface area contributed by atoms with E-state index in [4.69, 9.17) is 0 Å². The van der Waals surface area contributed by atoms with Gasteiger partial charge in [0.2, 0.25) is 5.91 Å². The quantitative estimate of drug-likeness (QED) is 0.623. The average molecular weight is 389 g/mol. The Bertz CT molecular complexity index is 848. The molecule has 1 amide bonds. The lowest BCUT2D eigenvalue weighted by molar-refractivity contribution is -0.115. The summed E-state index contributed by atoms with van der Waals surface area (Å²) in [6.07, 6.45) is 5.14. The first kappa shape index (κ1) is 18.5. The van der Waals surface area contributed by atoms with Crippen molar-refractivity contribution in [3.63, 3.8) is 0 Å². The van der Waals surface area contributed by atoms with Crippen molar-refractivity contribution in [3.05, 3.63) is 36.1 Å². The van der Waals surface area contributed by atoms with Crippen LogP contribution in [-0.2, 0) is 11.3 Å². The van der Waals surface area contributed by atoms with Crippen molar-refractivity contribution >= 4 is 34.1 Å². The lowest BCUT2D eigenvalue weighted by atomic mass is 10.2. The minimum atomic E-state index is -0.320. The zero-order valence-electron chi connectivity index (χ0n) is 14.8. The Hall–Kier alpha value is -2.26. The molecule has 0 bridgehead atoms. The molecule has 3 heterocycles. The Morgan fingerprint density at radius 2 is 2.00 bits per heavy atom. The number of nitrogens with one attached hydrogen (secondary N) is 1. The lowest BCUT2D eigenvalue weighted by Gasteiger charge is -2.14. The van der Waals surface area contributed by atoms with Crippen LogP contribution in [0.1, 0.15) is 20.8 Å². The summed E-state index contributed by atoms with van der Waals surface area (Å²) in [7, 11) is 0. The average Bonchev–Trinajstić information content (AvgIpc) is 3.26. The number of thioether (sulfide) groups is 1. The number of carbonyl (C=O) groups excluding carboxylic acids is 1. The van der Waals surface area contributed by atoms with Gasteiger partial charge in [0.25, 0.3) is 0 Å². The van der Waals surface area contributed by atoms with Crippen LogP contribution in [0.2, 0.25) is 0 Å². The van der Waals surface area contributed by atoms with Crippen LogP contribution in [0.4, 0.5) is 5.13 Å². The summed E-state index contributed by atoms with van der Waals surface area (Å²) >= 11 is 2.79. The summed E-state index contributed by atoms with van der Waals surface area (Å²) in [6, 6.07) is 3.82. The van der Waals surface area contributed by atoms with Gasteiger partial charge in [0, 0.05) is 36.1 Å². The summed E-state index contributed by atoms with van der Waals surface area (Å²) < 4.78 is 2.07. The zero-order chi connectivity index (χ0) is 18.5. The monoisotopic (exact) mass is 388 g/mol. The number of anilines is 1. The van der Waals surface area contributed by atoms with Crippen LogP contribution in [0.5, 0.6) is 0 Å². The number of hydrogen-bond acceptors (Lipinski definition) is 7. The van der Waals surface area contributed by atoms with E-state index in [0.717, 1.165) is 23.1 Å². The lowest BCUT2D eigenvalue weighted by Crippen LogP contribution is -2.23. The van der Waals surface area contributed by atoms with Crippen molar-refractivity contribution in [2.24, 2.45) is 5.92 Å². The van der Waals surface area contributed by atoms with Crippen LogP contribution in [0.25, 0.3) is 11.4 Å². The van der Waals surface area contributed by atoms with Crippen molar-refractivity contribution in [2.45, 2.75) is 37.7 Å². The first-order valence-electron chi connectivity index (χ1n) is 8.25. The smallest absolute Gasteiger partial charge is 0.239 e. The second-order valence-corrected chi connectivity index (χ2v) is 8.34. The Labute approximate surface area is 160 Å². The predicted molar refractivity (Wildman–Crippen MR) is 104 cm³/mol. The van der Waals surface area contributed by atoms with Crippen LogP contribution in [-0.4, -0.2) is 35.9 Å². The summed E-state index contributed by atoms with van der Waals surface area (Å²) in [6.45, 7) is 6.91. The number of pyridine rings is 1. The van der Waals surface area contributed by atoms with E-state index >= 15 is 0 Å². The highest BCUT2D eigenvalue weighted by Crippen LogP contribution is 2.28. The molecular weight excluding hydrogens is 368 g/mol. The van der Waals surface area contributed by atoms with Gasteiger partial charge >= 0.3 is 0 Å². The molecule has 0 unspecified atom stereocenters. The van der Waals surface area contributed by atoms with Gasteiger partial charge in [-0.05, 0) is 25.0 Å². The number of thiazole rings is 1. The Morgan fingerprint density at radius 3 is 2.65 bits per heavy atom. The molecule has 0 aliphatic carbocycles. The Balaban J connectivity index is 1.80. The molecule has 0 aromatic carbocycles. The molecule has 3 rings (SSSR count). The minimum Gasteiger partial charge on any atom is -0.302 e. The van der Waals surface area contributed by atoms with Crippen LogP contribution < -0.4 is 5.32 Å². The second-order valence-electron chi connectivity index (χ2n) is 6.13. The van der Waals surface area contributed by atoms with Crippen molar-refractivity contribution < 1.29 is 4.79 Å². The van der Waals surface area contributed by atoms with Crippen molar-refractivity contribution in [2.75, 3.05) is 5.32 Å². The van der Waals surface area contributed by atoms with E-state index in [0.29, 0.717) is 11.0 Å². The fourth-order valence-corrected chi connectivity index (χ4v) is 3.71. The fraction of sp³-hybridized carbons (Fsp3) is 0.353. The van der Waals surface area contributed by atoms with Crippen LogP contribution in [0.15, 0.2) is 41.3 Å². The molecule has 136 valence electrons. The van der Waals surface area contributed by atoms with Gasteiger partial charge < -0.3 is 9.88 Å². The molecule has 0 aliphatic heterocycles. The molecule has 0 spiro atoms. The first-order chi connectivity index (χ1) is 12.5. The highest BCUT2D eigenvalue weighted by molar-refractivity contribution is 8.00. The summed E-state index contributed by atoms with van der Waals surface area (Å²) in [5.41, 5.74) is 0.958. The number of hydrogen-bond donors (Lipinski definition) is 1. The second kappa shape index (κ2) is 8.41. The predicted octanol–water partition coefficient (Wildman–Crippen LogP) is 3.57. The standard InChI is InChI=1S/C17H20N6OS2/c1-11(2)10-23-14(13-4-6-18-7-5-13)21-22-17(23)26-12(3)15(24)20-16-19-8-9-25-16/h4-9,11-12H,10H2,1-3H3,(H,19,20,24)/t12-/m1/s1. The van der Waals surface area contributed by atoms with Crippen molar-refractivity contribution in [3.8, 4) is 11.4 Å². The number of carbonyl (C=O) groups is 1. The van der Waals surface area contributed by atoms with Crippen LogP contribution >= 0.6 is 23.1 Å². The van der Waals surface area contributed by atoms with E-state index in [2.05, 4.69) is 43.9 Å².